The standard InChI is InChI=1S/C14H20N2OS2/c1-10-13(17)16(9-11-4-6-15-7-5-11)14(19-10)12-3-2-8-18-12/h2-3,8,10-11,14-15H,4-7,9H2,1H3/p+1/t10-,14-/m1/s1. The number of rotatable bonds is 3. The monoisotopic (exact) mass is 297 g/mol. The Bertz CT molecular complexity index is 429. The van der Waals surface area contributed by atoms with Crippen molar-refractivity contribution in [2.24, 2.45) is 5.92 Å². The van der Waals surface area contributed by atoms with Crippen LogP contribution in [0.15, 0.2) is 17.5 Å². The molecule has 2 aliphatic heterocycles. The first-order valence-corrected chi connectivity index (χ1v) is 8.89. The van der Waals surface area contributed by atoms with E-state index < -0.39 is 0 Å². The molecule has 1 aromatic rings. The van der Waals surface area contributed by atoms with E-state index in [1.54, 1.807) is 11.3 Å². The highest BCUT2D eigenvalue weighted by Crippen LogP contribution is 2.44. The number of hydrogen-bond acceptors (Lipinski definition) is 3. The highest BCUT2D eigenvalue weighted by molar-refractivity contribution is 8.01. The van der Waals surface area contributed by atoms with Gasteiger partial charge in [-0.15, -0.1) is 23.1 Å². The number of thioether (sulfide) groups is 1. The van der Waals surface area contributed by atoms with E-state index in [9.17, 15) is 4.79 Å². The van der Waals surface area contributed by atoms with E-state index in [0.717, 1.165) is 6.54 Å². The molecule has 2 N–H and O–H groups in total. The molecule has 0 bridgehead atoms. The second-order valence-corrected chi connectivity index (χ2v) is 7.85. The van der Waals surface area contributed by atoms with Gasteiger partial charge in [0.05, 0.1) is 18.3 Å². The predicted molar refractivity (Wildman–Crippen MR) is 80.2 cm³/mol. The van der Waals surface area contributed by atoms with E-state index in [1.165, 1.54) is 30.8 Å². The molecule has 104 valence electrons. The Hall–Kier alpha value is -0.520. The minimum Gasteiger partial charge on any atom is -0.346 e. The summed E-state index contributed by atoms with van der Waals surface area (Å²) in [6.07, 6.45) is 2.50. The summed E-state index contributed by atoms with van der Waals surface area (Å²) in [5.74, 6) is 1.03. The third kappa shape index (κ3) is 2.83. The summed E-state index contributed by atoms with van der Waals surface area (Å²) in [5, 5.41) is 4.86. The normalized spacial score (nSPS) is 29.1. The molecule has 2 atom stereocenters. The number of carbonyl (C=O) groups is 1. The van der Waals surface area contributed by atoms with Crippen LogP contribution in [0.2, 0.25) is 0 Å². The smallest absolute Gasteiger partial charge is 0.236 e. The molecule has 0 saturated carbocycles. The molecule has 1 amide bonds. The van der Waals surface area contributed by atoms with Crippen molar-refractivity contribution in [3.8, 4) is 0 Å². The van der Waals surface area contributed by atoms with Gasteiger partial charge in [0, 0.05) is 24.3 Å². The van der Waals surface area contributed by atoms with Crippen molar-refractivity contribution in [1.82, 2.24) is 4.90 Å². The van der Waals surface area contributed by atoms with Crippen LogP contribution >= 0.6 is 23.1 Å². The Morgan fingerprint density at radius 1 is 1.42 bits per heavy atom. The zero-order valence-electron chi connectivity index (χ0n) is 11.2. The molecule has 0 unspecified atom stereocenters. The minimum absolute atomic E-state index is 0.113. The number of quaternary nitrogens is 1. The molecule has 3 rings (SSSR count). The zero-order chi connectivity index (χ0) is 13.2. The predicted octanol–water partition coefficient (Wildman–Crippen LogP) is 1.68. The number of hydrogen-bond donors (Lipinski definition) is 1. The first-order valence-electron chi connectivity index (χ1n) is 7.06. The fraction of sp³-hybridized carbons (Fsp3) is 0.643. The quantitative estimate of drug-likeness (QED) is 0.922. The summed E-state index contributed by atoms with van der Waals surface area (Å²) in [6, 6.07) is 4.25. The number of nitrogens with zero attached hydrogens (tertiary/aromatic N) is 1. The van der Waals surface area contributed by atoms with Gasteiger partial charge in [-0.05, 0) is 24.3 Å². The van der Waals surface area contributed by atoms with Crippen LogP contribution in [0.4, 0.5) is 0 Å². The van der Waals surface area contributed by atoms with Crippen molar-refractivity contribution >= 4 is 29.0 Å². The number of amides is 1. The van der Waals surface area contributed by atoms with E-state index in [1.807, 2.05) is 18.7 Å². The van der Waals surface area contributed by atoms with Gasteiger partial charge in [-0.3, -0.25) is 4.79 Å². The maximum atomic E-state index is 12.4. The molecule has 0 aliphatic carbocycles. The molecule has 3 nitrogen and oxygen atoms in total. The molecule has 0 radical (unpaired) electrons. The summed E-state index contributed by atoms with van der Waals surface area (Å²) in [7, 11) is 0. The Labute approximate surface area is 122 Å². The highest BCUT2D eigenvalue weighted by atomic mass is 32.2. The van der Waals surface area contributed by atoms with Crippen LogP contribution in [-0.4, -0.2) is 35.7 Å². The first kappa shape index (κ1) is 13.5. The largest absolute Gasteiger partial charge is 0.346 e. The number of nitrogens with two attached hydrogens (primary N) is 1. The third-order valence-corrected chi connectivity index (χ3v) is 6.50. The van der Waals surface area contributed by atoms with Crippen LogP contribution in [0.25, 0.3) is 0 Å². The lowest BCUT2D eigenvalue weighted by atomic mass is 9.97. The summed E-state index contributed by atoms with van der Waals surface area (Å²) in [6.45, 7) is 5.44. The molecule has 19 heavy (non-hydrogen) atoms. The Morgan fingerprint density at radius 3 is 2.89 bits per heavy atom. The first-order chi connectivity index (χ1) is 9.25. The van der Waals surface area contributed by atoms with Crippen molar-refractivity contribution in [2.45, 2.75) is 30.4 Å². The van der Waals surface area contributed by atoms with Crippen molar-refractivity contribution in [2.75, 3.05) is 19.6 Å². The van der Waals surface area contributed by atoms with Gasteiger partial charge in [0.25, 0.3) is 0 Å². The number of piperidine rings is 1. The molecule has 0 spiro atoms. The third-order valence-electron chi connectivity index (χ3n) is 4.05. The van der Waals surface area contributed by atoms with Crippen molar-refractivity contribution in [1.29, 1.82) is 0 Å². The molecule has 0 aromatic carbocycles. The second-order valence-electron chi connectivity index (χ2n) is 5.45. The lowest BCUT2D eigenvalue weighted by molar-refractivity contribution is -0.664. The fourth-order valence-corrected chi connectivity index (χ4v) is 5.21. The fourth-order valence-electron chi connectivity index (χ4n) is 2.97. The van der Waals surface area contributed by atoms with Crippen molar-refractivity contribution in [3.63, 3.8) is 0 Å². The highest BCUT2D eigenvalue weighted by Gasteiger charge is 2.40. The zero-order valence-corrected chi connectivity index (χ0v) is 12.9. The van der Waals surface area contributed by atoms with E-state index in [-0.39, 0.29) is 10.6 Å². The van der Waals surface area contributed by atoms with Crippen LogP contribution < -0.4 is 5.32 Å². The van der Waals surface area contributed by atoms with Gasteiger partial charge in [-0.25, -0.2) is 0 Å². The van der Waals surface area contributed by atoms with E-state index >= 15 is 0 Å². The Kier molecular flexibility index (Phi) is 4.15. The minimum atomic E-state index is 0.113. The number of thiophene rings is 1. The lowest BCUT2D eigenvalue weighted by Gasteiger charge is -2.29. The Balaban J connectivity index is 1.73. The van der Waals surface area contributed by atoms with Gasteiger partial charge in [0.1, 0.15) is 5.37 Å². The van der Waals surface area contributed by atoms with Crippen LogP contribution in [0.1, 0.15) is 30.0 Å². The van der Waals surface area contributed by atoms with Gasteiger partial charge < -0.3 is 10.2 Å². The summed E-state index contributed by atoms with van der Waals surface area (Å²) < 4.78 is 0. The average Bonchev–Trinajstić information content (AvgIpc) is 3.04. The van der Waals surface area contributed by atoms with Crippen LogP contribution in [0.5, 0.6) is 0 Å². The van der Waals surface area contributed by atoms with E-state index in [2.05, 4.69) is 27.7 Å². The maximum absolute atomic E-state index is 12.4. The molecule has 5 heteroatoms. The van der Waals surface area contributed by atoms with Crippen LogP contribution in [0, 0.1) is 5.92 Å². The van der Waals surface area contributed by atoms with Crippen LogP contribution in [0.3, 0.4) is 0 Å². The maximum Gasteiger partial charge on any atom is 0.236 e. The van der Waals surface area contributed by atoms with Gasteiger partial charge >= 0.3 is 0 Å². The molecule has 2 saturated heterocycles. The van der Waals surface area contributed by atoms with Gasteiger partial charge in [0.15, 0.2) is 0 Å². The summed E-state index contributed by atoms with van der Waals surface area (Å²) >= 11 is 3.58. The van der Waals surface area contributed by atoms with Crippen molar-refractivity contribution < 1.29 is 10.1 Å². The second kappa shape index (κ2) is 5.85. The van der Waals surface area contributed by atoms with Crippen molar-refractivity contribution in [3.05, 3.63) is 22.4 Å². The Morgan fingerprint density at radius 2 is 2.21 bits per heavy atom. The van der Waals surface area contributed by atoms with E-state index in [4.69, 9.17) is 0 Å². The summed E-state index contributed by atoms with van der Waals surface area (Å²) in [5.41, 5.74) is 0. The molecule has 2 fully saturated rings. The topological polar surface area (TPSA) is 36.9 Å². The average molecular weight is 297 g/mol. The van der Waals surface area contributed by atoms with Gasteiger partial charge in [-0.1, -0.05) is 6.07 Å². The lowest BCUT2D eigenvalue weighted by Crippen LogP contribution is -2.86. The summed E-state index contributed by atoms with van der Waals surface area (Å²) in [4.78, 5) is 15.8. The molecule has 2 aliphatic rings. The van der Waals surface area contributed by atoms with E-state index in [0.29, 0.717) is 11.8 Å². The SMILES string of the molecule is C[C@H]1S[C@H](c2cccs2)N(CC2CC[NH2+]CC2)C1=O. The number of carbonyl (C=O) groups excluding carboxylic acids is 1. The molecular formula is C14H21N2OS2+. The van der Waals surface area contributed by atoms with Gasteiger partial charge in [0.2, 0.25) is 5.91 Å². The molecule has 1 aromatic heterocycles. The van der Waals surface area contributed by atoms with Gasteiger partial charge in [-0.2, -0.15) is 0 Å². The molecular weight excluding hydrogens is 276 g/mol. The molecule has 3 heterocycles. The van der Waals surface area contributed by atoms with Crippen LogP contribution in [-0.2, 0) is 4.79 Å².